The molecule has 8 heteroatoms. The Morgan fingerprint density at radius 3 is 2.67 bits per heavy atom. The van der Waals surface area contributed by atoms with Crippen LogP contribution in [0.2, 0.25) is 0 Å². The summed E-state index contributed by atoms with van der Waals surface area (Å²) in [6, 6.07) is 6.41. The molecule has 0 saturated carbocycles. The minimum Gasteiger partial charge on any atom is -0.383 e. The summed E-state index contributed by atoms with van der Waals surface area (Å²) in [6.07, 6.45) is 0.977. The molecule has 0 bridgehead atoms. The number of nitrogens with zero attached hydrogens (tertiary/aromatic N) is 2. The fourth-order valence-electron chi connectivity index (χ4n) is 1.67. The highest BCUT2D eigenvalue weighted by molar-refractivity contribution is 6.04. The lowest BCUT2D eigenvalue weighted by Crippen LogP contribution is -2.13. The van der Waals surface area contributed by atoms with Crippen LogP contribution in [-0.4, -0.2) is 22.9 Å². The molecule has 0 fully saturated rings. The van der Waals surface area contributed by atoms with Crippen molar-refractivity contribution in [3.63, 3.8) is 0 Å². The van der Waals surface area contributed by atoms with Crippen molar-refractivity contribution in [3.8, 4) is 0 Å². The smallest absolute Gasteiger partial charge is 0.292 e. The molecule has 1 aromatic heterocycles. The molecule has 1 aromatic carbocycles. The van der Waals surface area contributed by atoms with Gasteiger partial charge in [-0.05, 0) is 24.3 Å². The van der Waals surface area contributed by atoms with Crippen molar-refractivity contribution < 1.29 is 14.1 Å². The van der Waals surface area contributed by atoms with Crippen LogP contribution in [0.25, 0.3) is 0 Å². The molecule has 0 aliphatic carbocycles. The quantitative estimate of drug-likeness (QED) is 0.665. The van der Waals surface area contributed by atoms with Crippen molar-refractivity contribution in [2.45, 2.75) is 0 Å². The summed E-state index contributed by atoms with van der Waals surface area (Å²) in [5.41, 5.74) is 0.310. The summed E-state index contributed by atoms with van der Waals surface area (Å²) in [7, 11) is 1.52. The first-order valence-corrected chi connectivity index (χ1v) is 5.90. The maximum Gasteiger partial charge on any atom is 0.292 e. The summed E-state index contributed by atoms with van der Waals surface area (Å²) in [5, 5.41) is 15.9. The minimum atomic E-state index is -0.547. The second-order valence-electron chi connectivity index (χ2n) is 4.05. The molecule has 1 heterocycles. The number of pyridine rings is 1. The van der Waals surface area contributed by atoms with Crippen molar-refractivity contribution in [3.05, 3.63) is 58.0 Å². The SMILES string of the molecule is CNc1cc(C(=O)Nc2ccc(F)cn2)ccc1[N+](=O)[O-]. The highest BCUT2D eigenvalue weighted by Gasteiger charge is 2.16. The maximum absolute atomic E-state index is 12.7. The van der Waals surface area contributed by atoms with E-state index in [0.717, 1.165) is 12.3 Å². The van der Waals surface area contributed by atoms with Crippen LogP contribution in [0.1, 0.15) is 10.4 Å². The predicted octanol–water partition coefficient (Wildman–Crippen LogP) is 2.42. The number of benzene rings is 1. The van der Waals surface area contributed by atoms with Gasteiger partial charge in [0.05, 0.1) is 11.1 Å². The fraction of sp³-hybridized carbons (Fsp3) is 0.0769. The normalized spacial score (nSPS) is 10.0. The van der Waals surface area contributed by atoms with Gasteiger partial charge in [-0.1, -0.05) is 0 Å². The summed E-state index contributed by atoms with van der Waals surface area (Å²) in [5.74, 6) is -0.827. The van der Waals surface area contributed by atoms with Crippen LogP contribution in [0.3, 0.4) is 0 Å². The molecule has 2 N–H and O–H groups in total. The van der Waals surface area contributed by atoms with Gasteiger partial charge in [0, 0.05) is 18.7 Å². The number of hydrogen-bond donors (Lipinski definition) is 2. The number of aromatic nitrogens is 1. The summed E-state index contributed by atoms with van der Waals surface area (Å²) < 4.78 is 12.7. The Kier molecular flexibility index (Phi) is 4.07. The molecule has 0 spiro atoms. The number of hydrogen-bond acceptors (Lipinski definition) is 5. The van der Waals surface area contributed by atoms with Gasteiger partial charge in [0.15, 0.2) is 0 Å². The van der Waals surface area contributed by atoms with Gasteiger partial charge in [0.25, 0.3) is 11.6 Å². The predicted molar refractivity (Wildman–Crippen MR) is 74.8 cm³/mol. The highest BCUT2D eigenvalue weighted by atomic mass is 19.1. The molecular formula is C13H11FN4O3. The van der Waals surface area contributed by atoms with Gasteiger partial charge in [-0.25, -0.2) is 9.37 Å². The third-order valence-corrected chi connectivity index (χ3v) is 2.69. The van der Waals surface area contributed by atoms with Crippen molar-refractivity contribution in [1.82, 2.24) is 4.98 Å². The minimum absolute atomic E-state index is 0.131. The van der Waals surface area contributed by atoms with Crippen LogP contribution >= 0.6 is 0 Å². The van der Waals surface area contributed by atoms with E-state index < -0.39 is 16.6 Å². The number of rotatable bonds is 4. The zero-order valence-corrected chi connectivity index (χ0v) is 11.0. The Hall–Kier alpha value is -3.03. The number of anilines is 2. The number of halogens is 1. The Bertz CT molecular complexity index is 688. The summed E-state index contributed by atoms with van der Waals surface area (Å²) in [4.78, 5) is 26.0. The van der Waals surface area contributed by atoms with Gasteiger partial charge < -0.3 is 10.6 Å². The zero-order chi connectivity index (χ0) is 15.4. The van der Waals surface area contributed by atoms with Gasteiger partial charge >= 0.3 is 0 Å². The Morgan fingerprint density at radius 2 is 2.10 bits per heavy atom. The number of carbonyl (C=O) groups is 1. The molecular weight excluding hydrogens is 279 g/mol. The van der Waals surface area contributed by atoms with E-state index in [1.54, 1.807) is 0 Å². The second kappa shape index (κ2) is 5.95. The molecule has 0 radical (unpaired) electrons. The van der Waals surface area contributed by atoms with Gasteiger partial charge in [-0.2, -0.15) is 0 Å². The lowest BCUT2D eigenvalue weighted by atomic mass is 10.1. The van der Waals surface area contributed by atoms with Crippen LogP contribution in [0.4, 0.5) is 21.6 Å². The first-order valence-electron chi connectivity index (χ1n) is 5.90. The number of nitro benzene ring substituents is 1. The molecule has 7 nitrogen and oxygen atoms in total. The molecule has 0 aliphatic rings. The average molecular weight is 290 g/mol. The largest absolute Gasteiger partial charge is 0.383 e. The van der Waals surface area contributed by atoms with E-state index >= 15 is 0 Å². The van der Waals surface area contributed by atoms with Crippen LogP contribution < -0.4 is 10.6 Å². The topological polar surface area (TPSA) is 97.2 Å². The van der Waals surface area contributed by atoms with E-state index in [1.165, 1.54) is 31.3 Å². The van der Waals surface area contributed by atoms with E-state index in [4.69, 9.17) is 0 Å². The van der Waals surface area contributed by atoms with Gasteiger partial charge in [-0.3, -0.25) is 14.9 Å². The Balaban J connectivity index is 2.23. The van der Waals surface area contributed by atoms with Crippen LogP contribution in [0, 0.1) is 15.9 Å². The van der Waals surface area contributed by atoms with E-state index in [1.807, 2.05) is 0 Å². The number of nitro groups is 1. The first-order chi connectivity index (χ1) is 10.0. The van der Waals surface area contributed by atoms with Crippen molar-refractivity contribution in [2.75, 3.05) is 17.7 Å². The molecule has 1 amide bonds. The number of nitrogens with one attached hydrogen (secondary N) is 2. The van der Waals surface area contributed by atoms with Crippen LogP contribution in [0.15, 0.2) is 36.5 Å². The van der Waals surface area contributed by atoms with Crippen LogP contribution in [-0.2, 0) is 0 Å². The van der Waals surface area contributed by atoms with E-state index in [-0.39, 0.29) is 22.8 Å². The standard InChI is InChI=1S/C13H11FN4O3/c1-15-10-6-8(2-4-11(10)18(20)21)13(19)17-12-5-3-9(14)7-16-12/h2-7,15H,1H3,(H,16,17,19). The third-order valence-electron chi connectivity index (χ3n) is 2.69. The molecule has 2 rings (SSSR count). The van der Waals surface area contributed by atoms with Crippen molar-refractivity contribution >= 4 is 23.1 Å². The van der Waals surface area contributed by atoms with Crippen LogP contribution in [0.5, 0.6) is 0 Å². The third kappa shape index (κ3) is 3.30. The number of carbonyl (C=O) groups excluding carboxylic acids is 1. The highest BCUT2D eigenvalue weighted by Crippen LogP contribution is 2.25. The van der Waals surface area contributed by atoms with Crippen molar-refractivity contribution in [2.24, 2.45) is 0 Å². The summed E-state index contributed by atoms with van der Waals surface area (Å²) in [6.45, 7) is 0. The lowest BCUT2D eigenvalue weighted by molar-refractivity contribution is -0.383. The molecule has 2 aromatic rings. The maximum atomic E-state index is 12.7. The van der Waals surface area contributed by atoms with E-state index in [2.05, 4.69) is 15.6 Å². The Morgan fingerprint density at radius 1 is 1.33 bits per heavy atom. The molecule has 0 atom stereocenters. The molecule has 108 valence electrons. The lowest BCUT2D eigenvalue weighted by Gasteiger charge is -2.07. The van der Waals surface area contributed by atoms with Gasteiger partial charge in [0.2, 0.25) is 0 Å². The zero-order valence-electron chi connectivity index (χ0n) is 11.0. The second-order valence-corrected chi connectivity index (χ2v) is 4.05. The van der Waals surface area contributed by atoms with Crippen molar-refractivity contribution in [1.29, 1.82) is 0 Å². The fourth-order valence-corrected chi connectivity index (χ4v) is 1.67. The van der Waals surface area contributed by atoms with E-state index in [9.17, 15) is 19.3 Å². The number of amides is 1. The summed E-state index contributed by atoms with van der Waals surface area (Å²) >= 11 is 0. The van der Waals surface area contributed by atoms with Gasteiger partial charge in [-0.15, -0.1) is 0 Å². The average Bonchev–Trinajstić information content (AvgIpc) is 2.48. The van der Waals surface area contributed by atoms with E-state index in [0.29, 0.717) is 0 Å². The molecule has 21 heavy (non-hydrogen) atoms. The molecule has 0 aliphatic heterocycles. The molecule has 0 saturated heterocycles. The monoisotopic (exact) mass is 290 g/mol. The first kappa shape index (κ1) is 14.4. The Labute approximate surface area is 119 Å². The van der Waals surface area contributed by atoms with Gasteiger partial charge in [0.1, 0.15) is 17.3 Å². The molecule has 0 unspecified atom stereocenters.